The molecule has 0 aliphatic heterocycles. The third kappa shape index (κ3) is 8.21. The van der Waals surface area contributed by atoms with E-state index in [-0.39, 0.29) is 28.0 Å². The third-order valence-electron chi connectivity index (χ3n) is 5.58. The first-order valence-electron chi connectivity index (χ1n) is 11.4. The summed E-state index contributed by atoms with van der Waals surface area (Å²) < 4.78 is 101. The Bertz CT molecular complexity index is 1100. The number of aliphatic hydroxyl groups is 1. The summed E-state index contributed by atoms with van der Waals surface area (Å²) >= 11 is 0. The Balaban J connectivity index is 0.00000334. The molecule has 0 aliphatic carbocycles. The Kier molecular flexibility index (Phi) is 11.2. The first kappa shape index (κ1) is 32.0. The third-order valence-corrected chi connectivity index (χ3v) is 5.58. The topological polar surface area (TPSA) is 29.5 Å². The highest BCUT2D eigenvalue weighted by atomic mass is 19.4. The van der Waals surface area contributed by atoms with Crippen molar-refractivity contribution in [3.8, 4) is 5.75 Å². The molecular weight excluding hydrogens is 501 g/mol. The van der Waals surface area contributed by atoms with E-state index in [1.165, 1.54) is 38.3 Å². The van der Waals surface area contributed by atoms with Gasteiger partial charge in [0.25, 0.3) is 0 Å². The summed E-state index contributed by atoms with van der Waals surface area (Å²) in [5.74, 6) is -1.49. The molecule has 204 valence electrons. The van der Waals surface area contributed by atoms with Crippen LogP contribution in [0.3, 0.4) is 0 Å². The summed E-state index contributed by atoms with van der Waals surface area (Å²) in [4.78, 5) is 0. The smallest absolute Gasteiger partial charge is 0.417 e. The van der Waals surface area contributed by atoms with Gasteiger partial charge in [0.15, 0.2) is 5.60 Å². The minimum atomic E-state index is -5.09. The first-order valence-corrected chi connectivity index (χ1v) is 11.4. The lowest BCUT2D eigenvalue weighted by Gasteiger charge is -2.33. The van der Waals surface area contributed by atoms with E-state index in [1.54, 1.807) is 0 Å². The minimum Gasteiger partial charge on any atom is -0.496 e. The van der Waals surface area contributed by atoms with Crippen LogP contribution in [0.25, 0.3) is 5.57 Å². The van der Waals surface area contributed by atoms with Crippen molar-refractivity contribution in [1.82, 2.24) is 0 Å². The second-order valence-electron chi connectivity index (χ2n) is 8.19. The summed E-state index contributed by atoms with van der Waals surface area (Å²) in [7, 11) is 1.29. The zero-order valence-corrected chi connectivity index (χ0v) is 21.1. The van der Waals surface area contributed by atoms with Gasteiger partial charge >= 0.3 is 12.4 Å². The Morgan fingerprint density at radius 3 is 2.19 bits per heavy atom. The van der Waals surface area contributed by atoms with E-state index >= 15 is 0 Å². The Labute approximate surface area is 212 Å². The van der Waals surface area contributed by atoms with Crippen LogP contribution in [0, 0.1) is 5.82 Å². The van der Waals surface area contributed by atoms with Crippen LogP contribution < -0.4 is 4.74 Å². The first-order chi connectivity index (χ1) is 17.1. The van der Waals surface area contributed by atoms with Gasteiger partial charge in [0.05, 0.1) is 12.7 Å². The number of allylic oxidation sites excluding steroid dienone is 4. The molecule has 1 N–H and O–H groups in total. The molecule has 9 heteroatoms. The Morgan fingerprint density at radius 2 is 1.68 bits per heavy atom. The van der Waals surface area contributed by atoms with Gasteiger partial charge < -0.3 is 9.84 Å². The van der Waals surface area contributed by atoms with Gasteiger partial charge in [-0.1, -0.05) is 70.3 Å². The molecule has 0 fully saturated rings. The van der Waals surface area contributed by atoms with Gasteiger partial charge in [-0.3, -0.25) is 0 Å². The molecular formula is C28H31F7O2. The molecule has 2 rings (SSSR count). The van der Waals surface area contributed by atoms with Gasteiger partial charge in [0.1, 0.15) is 11.6 Å². The lowest BCUT2D eigenvalue weighted by atomic mass is 9.81. The van der Waals surface area contributed by atoms with Crippen LogP contribution in [-0.4, -0.2) is 30.2 Å². The molecule has 0 saturated heterocycles. The van der Waals surface area contributed by atoms with E-state index in [2.05, 4.69) is 13.2 Å². The zero-order chi connectivity index (χ0) is 28.6. The van der Waals surface area contributed by atoms with Crippen LogP contribution in [0.4, 0.5) is 30.7 Å². The van der Waals surface area contributed by atoms with Gasteiger partial charge in [-0.25, -0.2) is 4.39 Å². The minimum absolute atomic E-state index is 0.0332. The van der Waals surface area contributed by atoms with Crippen LogP contribution >= 0.6 is 0 Å². The van der Waals surface area contributed by atoms with Crippen molar-refractivity contribution in [3.63, 3.8) is 0 Å². The zero-order valence-electron chi connectivity index (χ0n) is 21.1. The molecule has 2 nitrogen and oxygen atoms in total. The molecule has 0 heterocycles. The highest BCUT2D eigenvalue weighted by Gasteiger charge is 2.54. The average Bonchev–Trinajstić information content (AvgIpc) is 2.82. The Morgan fingerprint density at radius 1 is 1.05 bits per heavy atom. The number of ether oxygens (including phenoxy) is 1. The predicted octanol–water partition coefficient (Wildman–Crippen LogP) is 8.58. The molecule has 0 radical (unpaired) electrons. The van der Waals surface area contributed by atoms with Crippen molar-refractivity contribution >= 4 is 5.57 Å². The van der Waals surface area contributed by atoms with Gasteiger partial charge in [0.2, 0.25) is 0 Å². The summed E-state index contributed by atoms with van der Waals surface area (Å²) in [5.41, 5.74) is -4.75. The standard InChI is InChI=1S/C26H25F7O2.C2H6/c1-5-7-21(17(3)25(28,29)30)19-9-6-8-18(12-19)15-24(34,26(31,32)33)14-16(2)22-13-20(27)10-11-23(22)35-4;1-2/h5-13,16,34H,1,3,14-15H2,2,4H3;1-2H3/b21-7+;. The van der Waals surface area contributed by atoms with Gasteiger partial charge in [-0.05, 0) is 52.8 Å². The molecule has 2 aromatic carbocycles. The van der Waals surface area contributed by atoms with E-state index < -0.39 is 48.1 Å². The van der Waals surface area contributed by atoms with Crippen LogP contribution in [0.5, 0.6) is 5.75 Å². The van der Waals surface area contributed by atoms with Crippen molar-refractivity contribution < 1.29 is 40.6 Å². The normalized spacial score (nSPS) is 14.6. The van der Waals surface area contributed by atoms with E-state index in [9.17, 15) is 35.8 Å². The maximum atomic E-state index is 14.0. The van der Waals surface area contributed by atoms with Gasteiger partial charge in [0, 0.05) is 6.42 Å². The quantitative estimate of drug-likeness (QED) is 0.259. The molecule has 2 aromatic rings. The predicted molar refractivity (Wildman–Crippen MR) is 132 cm³/mol. The van der Waals surface area contributed by atoms with Crippen molar-refractivity contribution in [1.29, 1.82) is 0 Å². The van der Waals surface area contributed by atoms with Crippen molar-refractivity contribution in [2.75, 3.05) is 7.11 Å². The summed E-state index contributed by atoms with van der Waals surface area (Å²) in [6.45, 7) is 11.8. The number of benzene rings is 2. The monoisotopic (exact) mass is 532 g/mol. The van der Waals surface area contributed by atoms with E-state index in [0.717, 1.165) is 30.4 Å². The molecule has 2 atom stereocenters. The summed E-state index contributed by atoms with van der Waals surface area (Å²) in [6, 6.07) is 8.41. The average molecular weight is 533 g/mol. The van der Waals surface area contributed by atoms with Crippen LogP contribution in [0.1, 0.15) is 49.8 Å². The molecule has 0 amide bonds. The number of alkyl halides is 6. The fourth-order valence-corrected chi connectivity index (χ4v) is 3.82. The molecule has 37 heavy (non-hydrogen) atoms. The fraction of sp³-hybridized carbons (Fsp3) is 0.357. The molecule has 0 saturated carbocycles. The lowest BCUT2D eigenvalue weighted by molar-refractivity contribution is -0.263. The second kappa shape index (κ2) is 12.9. The van der Waals surface area contributed by atoms with E-state index in [0.29, 0.717) is 0 Å². The highest BCUT2D eigenvalue weighted by Crippen LogP contribution is 2.43. The van der Waals surface area contributed by atoms with Crippen LogP contribution in [0.15, 0.2) is 73.3 Å². The molecule has 0 aromatic heterocycles. The van der Waals surface area contributed by atoms with E-state index in [4.69, 9.17) is 4.74 Å². The SMILES string of the molecule is C=C/C=C(\C(=C)C(F)(F)F)c1cccc(CC(O)(CC(C)c2cc(F)ccc2OC)C(F)(F)F)c1.CC. The maximum absolute atomic E-state index is 14.0. The fourth-order valence-electron chi connectivity index (χ4n) is 3.82. The molecule has 0 aliphatic rings. The number of hydrogen-bond donors (Lipinski definition) is 1. The largest absolute Gasteiger partial charge is 0.496 e. The Hall–Kier alpha value is -3.07. The van der Waals surface area contributed by atoms with Crippen molar-refractivity contribution in [2.45, 2.75) is 57.5 Å². The van der Waals surface area contributed by atoms with Crippen LogP contribution in [0.2, 0.25) is 0 Å². The summed E-state index contributed by atoms with van der Waals surface area (Å²) in [5, 5.41) is 10.7. The molecule has 2 unspecified atom stereocenters. The van der Waals surface area contributed by atoms with Gasteiger partial charge in [-0.2, -0.15) is 26.3 Å². The number of rotatable bonds is 9. The number of hydrogen-bond acceptors (Lipinski definition) is 2. The van der Waals surface area contributed by atoms with E-state index in [1.807, 2.05) is 13.8 Å². The molecule has 0 spiro atoms. The lowest BCUT2D eigenvalue weighted by Crippen LogP contribution is -2.48. The maximum Gasteiger partial charge on any atom is 0.417 e. The highest BCUT2D eigenvalue weighted by molar-refractivity contribution is 5.80. The second-order valence-corrected chi connectivity index (χ2v) is 8.19. The number of methoxy groups -OCH3 is 1. The van der Waals surface area contributed by atoms with Crippen molar-refractivity contribution in [3.05, 3.63) is 95.9 Å². The van der Waals surface area contributed by atoms with Gasteiger partial charge in [-0.15, -0.1) is 0 Å². The number of halogens is 7. The van der Waals surface area contributed by atoms with Crippen molar-refractivity contribution in [2.24, 2.45) is 0 Å². The summed E-state index contributed by atoms with van der Waals surface area (Å²) in [6.07, 6.45) is -9.47. The van der Waals surface area contributed by atoms with Crippen LogP contribution in [-0.2, 0) is 6.42 Å². The molecule has 0 bridgehead atoms.